The summed E-state index contributed by atoms with van der Waals surface area (Å²) in [6.07, 6.45) is 14.3. The maximum absolute atomic E-state index is 11.9. The Balaban J connectivity index is 1.47. The molecule has 0 bridgehead atoms. The molecule has 160 valence electrons. The molecule has 3 saturated carbocycles. The summed E-state index contributed by atoms with van der Waals surface area (Å²) in [7, 11) is 0. The van der Waals surface area contributed by atoms with Gasteiger partial charge in [-0.2, -0.15) is 0 Å². The van der Waals surface area contributed by atoms with Crippen molar-refractivity contribution in [2.45, 2.75) is 111 Å². The van der Waals surface area contributed by atoms with Crippen LogP contribution in [0.15, 0.2) is 0 Å². The van der Waals surface area contributed by atoms with Gasteiger partial charge in [0.1, 0.15) is 6.10 Å². The van der Waals surface area contributed by atoms with E-state index in [4.69, 9.17) is 4.74 Å². The summed E-state index contributed by atoms with van der Waals surface area (Å²) in [5.41, 5.74) is 0.812. The summed E-state index contributed by atoms with van der Waals surface area (Å²) >= 11 is 0. The largest absolute Gasteiger partial charge is 0.462 e. The Labute approximate surface area is 173 Å². The molecule has 0 aromatic carbocycles. The maximum atomic E-state index is 11.9. The van der Waals surface area contributed by atoms with Crippen LogP contribution in [0.4, 0.5) is 0 Å². The van der Waals surface area contributed by atoms with Crippen molar-refractivity contribution in [2.75, 3.05) is 0 Å². The molecule has 8 atom stereocenters. The molecule has 2 heteroatoms. The highest BCUT2D eigenvalue weighted by atomic mass is 16.5. The zero-order valence-electron chi connectivity index (χ0n) is 19.1. The highest BCUT2D eigenvalue weighted by Crippen LogP contribution is 2.67. The van der Waals surface area contributed by atoms with Crippen LogP contribution in [0.3, 0.4) is 0 Å². The molecule has 0 N–H and O–H groups in total. The van der Waals surface area contributed by atoms with Crippen LogP contribution in [-0.4, -0.2) is 12.1 Å². The zero-order valence-corrected chi connectivity index (χ0v) is 19.1. The molecule has 1 aliphatic heterocycles. The van der Waals surface area contributed by atoms with E-state index in [1.54, 1.807) is 0 Å². The van der Waals surface area contributed by atoms with Crippen LogP contribution < -0.4 is 0 Å². The molecule has 4 aliphatic rings. The monoisotopic (exact) mass is 388 g/mol. The van der Waals surface area contributed by atoms with Crippen LogP contribution in [0.25, 0.3) is 0 Å². The smallest absolute Gasteiger partial charge is 0.306 e. The number of hydrogen-bond acceptors (Lipinski definition) is 2. The SMILES string of the molecule is CC(C)CCC[C@@H](C)[C@H]1CC[C@H]2[C@@H]3CC[C@@H]4OC(=O)CC[C@]4(C)[C@H]3CC[C@]12C. The van der Waals surface area contributed by atoms with Crippen LogP contribution in [0.2, 0.25) is 0 Å². The summed E-state index contributed by atoms with van der Waals surface area (Å²) in [6, 6.07) is 0. The minimum absolute atomic E-state index is 0.0534. The molecule has 4 fully saturated rings. The van der Waals surface area contributed by atoms with Crippen molar-refractivity contribution in [3.8, 4) is 0 Å². The van der Waals surface area contributed by atoms with Crippen LogP contribution in [-0.2, 0) is 9.53 Å². The maximum Gasteiger partial charge on any atom is 0.306 e. The van der Waals surface area contributed by atoms with E-state index in [1.165, 1.54) is 51.4 Å². The van der Waals surface area contributed by atoms with E-state index in [0.29, 0.717) is 11.8 Å². The van der Waals surface area contributed by atoms with Gasteiger partial charge in [-0.15, -0.1) is 0 Å². The third-order valence-electron chi connectivity index (χ3n) is 10.1. The van der Waals surface area contributed by atoms with E-state index in [-0.39, 0.29) is 17.5 Å². The fourth-order valence-electron chi connectivity index (χ4n) is 8.57. The first-order valence-electron chi connectivity index (χ1n) is 12.4. The first kappa shape index (κ1) is 20.7. The summed E-state index contributed by atoms with van der Waals surface area (Å²) in [6.45, 7) is 12.4. The first-order valence-corrected chi connectivity index (χ1v) is 12.4. The van der Waals surface area contributed by atoms with Crippen LogP contribution in [0, 0.1) is 46.3 Å². The third kappa shape index (κ3) is 3.35. The van der Waals surface area contributed by atoms with Crippen molar-refractivity contribution in [3.05, 3.63) is 0 Å². The molecule has 1 saturated heterocycles. The van der Waals surface area contributed by atoms with Crippen LogP contribution in [0.1, 0.15) is 105 Å². The number of esters is 1. The predicted octanol–water partition coefficient (Wildman–Crippen LogP) is 7.01. The number of carbonyl (C=O) groups is 1. The van der Waals surface area contributed by atoms with E-state index in [2.05, 4.69) is 34.6 Å². The van der Waals surface area contributed by atoms with E-state index in [9.17, 15) is 4.79 Å². The van der Waals surface area contributed by atoms with Gasteiger partial charge < -0.3 is 4.74 Å². The van der Waals surface area contributed by atoms with Crippen molar-refractivity contribution in [3.63, 3.8) is 0 Å². The minimum atomic E-state index is 0.0534. The van der Waals surface area contributed by atoms with Crippen molar-refractivity contribution in [1.82, 2.24) is 0 Å². The number of rotatable bonds is 5. The van der Waals surface area contributed by atoms with Crippen LogP contribution >= 0.6 is 0 Å². The zero-order chi connectivity index (χ0) is 20.1. The van der Waals surface area contributed by atoms with Gasteiger partial charge in [0, 0.05) is 11.8 Å². The van der Waals surface area contributed by atoms with Gasteiger partial charge in [-0.3, -0.25) is 4.79 Å². The van der Waals surface area contributed by atoms with Crippen molar-refractivity contribution >= 4 is 5.97 Å². The molecule has 28 heavy (non-hydrogen) atoms. The molecular weight excluding hydrogens is 344 g/mol. The number of hydrogen-bond donors (Lipinski definition) is 0. The lowest BCUT2D eigenvalue weighted by molar-refractivity contribution is -0.192. The quantitative estimate of drug-likeness (QED) is 0.473. The third-order valence-corrected chi connectivity index (χ3v) is 10.1. The summed E-state index contributed by atoms with van der Waals surface area (Å²) < 4.78 is 5.86. The standard InChI is InChI=1S/C26H44O2/c1-17(2)7-6-8-18(3)20-10-11-21-19-9-12-23-26(5,16-14-24(27)28-23)22(19)13-15-25(20,21)4/h17-23H,6-16H2,1-5H3/t18-,19+,20-,21+,22+,23+,25-,26-/m1/s1. The molecule has 2 nitrogen and oxygen atoms in total. The summed E-state index contributed by atoms with van der Waals surface area (Å²) in [5.74, 6) is 5.29. The number of carbonyl (C=O) groups excluding carboxylic acids is 1. The topological polar surface area (TPSA) is 26.3 Å². The van der Waals surface area contributed by atoms with E-state index < -0.39 is 0 Å². The van der Waals surface area contributed by atoms with Crippen molar-refractivity contribution in [1.29, 1.82) is 0 Å². The first-order chi connectivity index (χ1) is 13.3. The number of ether oxygens (including phenoxy) is 1. The summed E-state index contributed by atoms with van der Waals surface area (Å²) in [5, 5.41) is 0. The van der Waals surface area contributed by atoms with E-state index in [0.717, 1.165) is 48.3 Å². The Morgan fingerprint density at radius 1 is 0.929 bits per heavy atom. The highest BCUT2D eigenvalue weighted by Gasteiger charge is 2.61. The average Bonchev–Trinajstić information content (AvgIpc) is 2.99. The Morgan fingerprint density at radius 3 is 2.43 bits per heavy atom. The lowest BCUT2D eigenvalue weighted by Gasteiger charge is -2.59. The lowest BCUT2D eigenvalue weighted by atomic mass is 9.47. The van der Waals surface area contributed by atoms with Gasteiger partial charge in [0.25, 0.3) is 0 Å². The normalized spacial score (nSPS) is 46.5. The molecule has 0 aromatic heterocycles. The van der Waals surface area contributed by atoms with Gasteiger partial charge in [0.05, 0.1) is 0 Å². The van der Waals surface area contributed by atoms with Gasteiger partial charge in [-0.05, 0) is 85.9 Å². The second-order valence-corrected chi connectivity index (χ2v) is 12.0. The predicted molar refractivity (Wildman–Crippen MR) is 115 cm³/mol. The van der Waals surface area contributed by atoms with Crippen molar-refractivity contribution < 1.29 is 9.53 Å². The fraction of sp³-hybridized carbons (Fsp3) is 0.962. The van der Waals surface area contributed by atoms with Crippen molar-refractivity contribution in [2.24, 2.45) is 46.3 Å². The Morgan fingerprint density at radius 2 is 1.68 bits per heavy atom. The molecule has 0 spiro atoms. The fourth-order valence-corrected chi connectivity index (χ4v) is 8.57. The van der Waals surface area contributed by atoms with Gasteiger partial charge >= 0.3 is 5.97 Å². The second kappa shape index (κ2) is 7.62. The Hall–Kier alpha value is -0.530. The molecule has 4 rings (SSSR count). The molecule has 0 unspecified atom stereocenters. The molecule has 0 radical (unpaired) electrons. The Kier molecular flexibility index (Phi) is 5.64. The van der Waals surface area contributed by atoms with E-state index in [1.807, 2.05) is 0 Å². The molecule has 0 aromatic rings. The molecule has 3 aliphatic carbocycles. The van der Waals surface area contributed by atoms with E-state index >= 15 is 0 Å². The average molecular weight is 389 g/mol. The number of fused-ring (bicyclic) bond motifs is 5. The lowest BCUT2D eigenvalue weighted by Crippen LogP contribution is -2.56. The molecular formula is C26H44O2. The van der Waals surface area contributed by atoms with Gasteiger partial charge in [0.15, 0.2) is 0 Å². The van der Waals surface area contributed by atoms with Gasteiger partial charge in [-0.25, -0.2) is 0 Å². The molecule has 1 heterocycles. The minimum Gasteiger partial charge on any atom is -0.462 e. The van der Waals surface area contributed by atoms with Crippen LogP contribution in [0.5, 0.6) is 0 Å². The summed E-state index contributed by atoms with van der Waals surface area (Å²) in [4.78, 5) is 11.9. The highest BCUT2D eigenvalue weighted by molar-refractivity contribution is 5.70. The van der Waals surface area contributed by atoms with Gasteiger partial charge in [-0.1, -0.05) is 53.9 Å². The second-order valence-electron chi connectivity index (χ2n) is 12.0. The molecule has 0 amide bonds. The van der Waals surface area contributed by atoms with Gasteiger partial charge in [0.2, 0.25) is 0 Å². The Bertz CT molecular complexity index is 583.